The molecule has 1 aliphatic heterocycles. The van der Waals surface area contributed by atoms with Crippen molar-refractivity contribution < 1.29 is 9.84 Å². The summed E-state index contributed by atoms with van der Waals surface area (Å²) in [5.74, 6) is 0.853. The van der Waals surface area contributed by atoms with Gasteiger partial charge in [-0.25, -0.2) is 0 Å². The first-order chi connectivity index (χ1) is 8.59. The summed E-state index contributed by atoms with van der Waals surface area (Å²) in [7, 11) is 1.67. The summed E-state index contributed by atoms with van der Waals surface area (Å²) in [4.78, 5) is 2.38. The Hall–Kier alpha value is -1.06. The summed E-state index contributed by atoms with van der Waals surface area (Å²) in [6.45, 7) is 7.22. The van der Waals surface area contributed by atoms with Gasteiger partial charge in [-0.1, -0.05) is 13.0 Å². The maximum atomic E-state index is 10.8. The van der Waals surface area contributed by atoms with E-state index < -0.39 is 5.60 Å². The molecule has 1 heterocycles. The summed E-state index contributed by atoms with van der Waals surface area (Å²) >= 11 is 0. The molecule has 1 aliphatic rings. The number of hydrogen-bond acceptors (Lipinski definition) is 3. The molecule has 3 nitrogen and oxygen atoms in total. The molecule has 1 saturated heterocycles. The number of hydrogen-bond donors (Lipinski definition) is 1. The molecular weight excluding hydrogens is 226 g/mol. The van der Waals surface area contributed by atoms with Crippen molar-refractivity contribution in [3.63, 3.8) is 0 Å². The molecule has 2 rings (SSSR count). The summed E-state index contributed by atoms with van der Waals surface area (Å²) in [6.07, 6.45) is 1.63. The van der Waals surface area contributed by atoms with Gasteiger partial charge in [-0.3, -0.25) is 0 Å². The molecule has 0 saturated carbocycles. The van der Waals surface area contributed by atoms with Crippen molar-refractivity contribution in [3.8, 4) is 5.75 Å². The van der Waals surface area contributed by atoms with Crippen LogP contribution < -0.4 is 4.74 Å². The second-order valence-electron chi connectivity index (χ2n) is 5.15. The van der Waals surface area contributed by atoms with E-state index in [2.05, 4.69) is 11.8 Å². The number of methoxy groups -OCH3 is 1. The highest BCUT2D eigenvalue weighted by Gasteiger charge is 2.34. The molecule has 1 fully saturated rings. The van der Waals surface area contributed by atoms with E-state index in [1.165, 1.54) is 0 Å². The molecular formula is C15H23NO2. The van der Waals surface area contributed by atoms with E-state index in [1.807, 2.05) is 25.1 Å². The molecule has 1 aromatic rings. The van der Waals surface area contributed by atoms with Crippen LogP contribution in [0.1, 0.15) is 30.9 Å². The molecule has 0 radical (unpaired) electrons. The lowest BCUT2D eigenvalue weighted by molar-refractivity contribution is -0.0251. The largest absolute Gasteiger partial charge is 0.497 e. The third kappa shape index (κ3) is 2.52. The van der Waals surface area contributed by atoms with Gasteiger partial charge < -0.3 is 14.7 Å². The highest BCUT2D eigenvalue weighted by Crippen LogP contribution is 2.35. The Bertz CT molecular complexity index is 409. The second-order valence-corrected chi connectivity index (χ2v) is 5.15. The van der Waals surface area contributed by atoms with Gasteiger partial charge >= 0.3 is 0 Å². The average Bonchev–Trinajstić information content (AvgIpc) is 2.39. The normalized spacial score (nSPS) is 19.8. The third-order valence-corrected chi connectivity index (χ3v) is 4.07. The van der Waals surface area contributed by atoms with Crippen LogP contribution in [0.4, 0.5) is 0 Å². The molecule has 3 heteroatoms. The number of nitrogens with zero attached hydrogens (tertiary/aromatic N) is 1. The lowest BCUT2D eigenvalue weighted by Crippen LogP contribution is -2.42. The molecule has 0 unspecified atom stereocenters. The zero-order chi connectivity index (χ0) is 13.2. The van der Waals surface area contributed by atoms with Gasteiger partial charge in [0.25, 0.3) is 0 Å². The molecule has 1 aromatic carbocycles. The van der Waals surface area contributed by atoms with Crippen LogP contribution in [0, 0.1) is 6.92 Å². The lowest BCUT2D eigenvalue weighted by Gasteiger charge is -2.39. The van der Waals surface area contributed by atoms with Crippen molar-refractivity contribution in [2.45, 2.75) is 32.3 Å². The van der Waals surface area contributed by atoms with Gasteiger partial charge in [0.05, 0.1) is 12.7 Å². The molecule has 18 heavy (non-hydrogen) atoms. The van der Waals surface area contributed by atoms with Gasteiger partial charge in [0, 0.05) is 13.1 Å². The smallest absolute Gasteiger partial charge is 0.119 e. The van der Waals surface area contributed by atoms with Crippen molar-refractivity contribution in [3.05, 3.63) is 29.3 Å². The standard InChI is InChI=1S/C15H23NO2/c1-4-16-9-7-15(17,8-10-16)14-6-5-13(18-3)11-12(14)2/h5-6,11,17H,4,7-10H2,1-3H3. The monoisotopic (exact) mass is 249 g/mol. The Labute approximate surface area is 109 Å². The van der Waals surface area contributed by atoms with E-state index in [0.717, 1.165) is 49.4 Å². The number of likely N-dealkylation sites (tertiary alicyclic amines) is 1. The van der Waals surface area contributed by atoms with Gasteiger partial charge in [-0.15, -0.1) is 0 Å². The maximum Gasteiger partial charge on any atom is 0.119 e. The average molecular weight is 249 g/mol. The fourth-order valence-electron chi connectivity index (χ4n) is 2.79. The van der Waals surface area contributed by atoms with Crippen LogP contribution in [-0.4, -0.2) is 36.8 Å². The summed E-state index contributed by atoms with van der Waals surface area (Å²) < 4.78 is 5.21. The van der Waals surface area contributed by atoms with Crippen LogP contribution in [0.5, 0.6) is 5.75 Å². The van der Waals surface area contributed by atoms with Crippen LogP contribution >= 0.6 is 0 Å². The van der Waals surface area contributed by atoms with Crippen molar-refractivity contribution in [1.82, 2.24) is 4.90 Å². The third-order valence-electron chi connectivity index (χ3n) is 4.07. The van der Waals surface area contributed by atoms with Crippen LogP contribution in [0.25, 0.3) is 0 Å². The lowest BCUT2D eigenvalue weighted by atomic mass is 9.82. The summed E-state index contributed by atoms with van der Waals surface area (Å²) in [5, 5.41) is 10.8. The Kier molecular flexibility index (Phi) is 3.93. The van der Waals surface area contributed by atoms with Gasteiger partial charge in [-0.05, 0) is 49.6 Å². The minimum absolute atomic E-state index is 0.665. The second kappa shape index (κ2) is 5.29. The fraction of sp³-hybridized carbons (Fsp3) is 0.600. The molecule has 0 spiro atoms. The number of piperidine rings is 1. The predicted molar refractivity (Wildman–Crippen MR) is 73.0 cm³/mol. The number of benzene rings is 1. The van der Waals surface area contributed by atoms with Gasteiger partial charge in [0.2, 0.25) is 0 Å². The molecule has 0 bridgehead atoms. The minimum Gasteiger partial charge on any atom is -0.497 e. The number of ether oxygens (including phenoxy) is 1. The van der Waals surface area contributed by atoms with Gasteiger partial charge in [-0.2, -0.15) is 0 Å². The zero-order valence-corrected chi connectivity index (χ0v) is 11.6. The molecule has 0 amide bonds. The maximum absolute atomic E-state index is 10.8. The van der Waals surface area contributed by atoms with E-state index in [9.17, 15) is 5.11 Å². The number of rotatable bonds is 3. The molecule has 1 N–H and O–H groups in total. The van der Waals surface area contributed by atoms with Crippen molar-refractivity contribution >= 4 is 0 Å². The van der Waals surface area contributed by atoms with Crippen LogP contribution in [0.15, 0.2) is 18.2 Å². The van der Waals surface area contributed by atoms with Crippen molar-refractivity contribution in [2.75, 3.05) is 26.7 Å². The topological polar surface area (TPSA) is 32.7 Å². The quantitative estimate of drug-likeness (QED) is 0.892. The first-order valence-corrected chi connectivity index (χ1v) is 6.69. The molecule has 0 aromatic heterocycles. The number of aliphatic hydroxyl groups is 1. The number of aryl methyl sites for hydroxylation is 1. The Morgan fingerprint density at radius 1 is 1.33 bits per heavy atom. The van der Waals surface area contributed by atoms with Gasteiger partial charge in [0.15, 0.2) is 0 Å². The van der Waals surface area contributed by atoms with Gasteiger partial charge in [0.1, 0.15) is 5.75 Å². The van der Waals surface area contributed by atoms with Crippen LogP contribution in [0.2, 0.25) is 0 Å². The van der Waals surface area contributed by atoms with E-state index >= 15 is 0 Å². The molecule has 100 valence electrons. The van der Waals surface area contributed by atoms with Crippen molar-refractivity contribution in [2.24, 2.45) is 0 Å². The van der Waals surface area contributed by atoms with E-state index in [-0.39, 0.29) is 0 Å². The van der Waals surface area contributed by atoms with Crippen LogP contribution in [0.3, 0.4) is 0 Å². The van der Waals surface area contributed by atoms with E-state index in [1.54, 1.807) is 7.11 Å². The Morgan fingerprint density at radius 3 is 2.50 bits per heavy atom. The molecule has 0 aliphatic carbocycles. The highest BCUT2D eigenvalue weighted by atomic mass is 16.5. The predicted octanol–water partition coefficient (Wildman–Crippen LogP) is 2.31. The summed E-state index contributed by atoms with van der Waals surface area (Å²) in [5.41, 5.74) is 1.50. The first kappa shape index (κ1) is 13.4. The Balaban J connectivity index is 2.20. The first-order valence-electron chi connectivity index (χ1n) is 6.69. The molecule has 0 atom stereocenters. The fourth-order valence-corrected chi connectivity index (χ4v) is 2.79. The van der Waals surface area contributed by atoms with E-state index in [4.69, 9.17) is 4.74 Å². The van der Waals surface area contributed by atoms with Crippen LogP contribution in [-0.2, 0) is 5.60 Å². The Morgan fingerprint density at radius 2 is 2.00 bits per heavy atom. The van der Waals surface area contributed by atoms with Crippen molar-refractivity contribution in [1.29, 1.82) is 0 Å². The zero-order valence-electron chi connectivity index (χ0n) is 11.6. The minimum atomic E-state index is -0.665. The van der Waals surface area contributed by atoms with E-state index in [0.29, 0.717) is 0 Å². The SMILES string of the molecule is CCN1CCC(O)(c2ccc(OC)cc2C)CC1. The summed E-state index contributed by atoms with van der Waals surface area (Å²) in [6, 6.07) is 5.95. The highest BCUT2D eigenvalue weighted by molar-refractivity contribution is 5.38.